The van der Waals surface area contributed by atoms with Gasteiger partial charge in [0.25, 0.3) is 5.91 Å². The van der Waals surface area contributed by atoms with Crippen LogP contribution >= 0.6 is 0 Å². The maximum Gasteiger partial charge on any atom is 0.251 e. The van der Waals surface area contributed by atoms with Crippen LogP contribution in [0.25, 0.3) is 0 Å². The number of likely N-dealkylation sites (N-methyl/N-ethyl adjacent to an activating group) is 1. The average Bonchev–Trinajstić information content (AvgIpc) is 2.58. The third-order valence-corrected chi connectivity index (χ3v) is 4.44. The van der Waals surface area contributed by atoms with Crippen LogP contribution in [0.4, 0.5) is 21.7 Å². The van der Waals surface area contributed by atoms with Crippen molar-refractivity contribution in [2.45, 2.75) is 13.0 Å². The topological polar surface area (TPSA) is 87.4 Å². The first-order chi connectivity index (χ1) is 11.9. The number of anilines is 3. The molecule has 0 spiro atoms. The molecule has 0 bridgehead atoms. The molecule has 1 aromatic carbocycles. The van der Waals surface area contributed by atoms with Gasteiger partial charge in [-0.1, -0.05) is 0 Å². The molecule has 0 aliphatic carbocycles. The van der Waals surface area contributed by atoms with Crippen molar-refractivity contribution in [2.75, 3.05) is 36.9 Å². The second-order valence-corrected chi connectivity index (χ2v) is 6.23. The fraction of sp³-hybridized carbons (Fsp3) is 0.353. The molecule has 8 heteroatoms. The van der Waals surface area contributed by atoms with Gasteiger partial charge in [-0.25, -0.2) is 14.4 Å². The molecule has 2 aromatic rings. The van der Waals surface area contributed by atoms with Gasteiger partial charge in [0.05, 0.1) is 11.3 Å². The van der Waals surface area contributed by atoms with Crippen molar-refractivity contribution in [1.29, 1.82) is 0 Å². The van der Waals surface area contributed by atoms with Gasteiger partial charge >= 0.3 is 0 Å². The number of halogens is 1. The first-order valence-corrected chi connectivity index (χ1v) is 8.07. The summed E-state index contributed by atoms with van der Waals surface area (Å²) < 4.78 is 14.5. The number of nitrogens with two attached hydrogens (primary N) is 1. The lowest BCUT2D eigenvalue weighted by atomic mass is 10.1. The molecule has 1 aliphatic heterocycles. The average molecular weight is 344 g/mol. The summed E-state index contributed by atoms with van der Waals surface area (Å²) in [7, 11) is 2.08. The Morgan fingerprint density at radius 3 is 2.64 bits per heavy atom. The maximum absolute atomic E-state index is 14.5. The summed E-state index contributed by atoms with van der Waals surface area (Å²) in [6.45, 7) is 4.62. The van der Waals surface area contributed by atoms with Crippen LogP contribution in [-0.4, -0.2) is 53.5 Å². The van der Waals surface area contributed by atoms with Gasteiger partial charge in [-0.3, -0.25) is 4.79 Å². The molecule has 1 unspecified atom stereocenters. The van der Waals surface area contributed by atoms with E-state index in [1.807, 2.05) is 0 Å². The Kier molecular flexibility index (Phi) is 4.80. The van der Waals surface area contributed by atoms with E-state index in [1.54, 1.807) is 12.1 Å². The predicted molar refractivity (Wildman–Crippen MR) is 94.5 cm³/mol. The zero-order chi connectivity index (χ0) is 18.0. The highest BCUT2D eigenvalue weighted by Gasteiger charge is 2.22. The quantitative estimate of drug-likeness (QED) is 0.876. The number of benzene rings is 1. The third kappa shape index (κ3) is 3.85. The van der Waals surface area contributed by atoms with E-state index in [-0.39, 0.29) is 17.3 Å². The zero-order valence-corrected chi connectivity index (χ0v) is 14.2. The van der Waals surface area contributed by atoms with Crippen molar-refractivity contribution in [3.05, 3.63) is 42.0 Å². The highest BCUT2D eigenvalue weighted by Crippen LogP contribution is 2.26. The molecule has 3 rings (SSSR count). The summed E-state index contributed by atoms with van der Waals surface area (Å²) >= 11 is 0. The molecule has 7 nitrogen and oxygen atoms in total. The van der Waals surface area contributed by atoms with Crippen molar-refractivity contribution in [3.63, 3.8) is 0 Å². The van der Waals surface area contributed by atoms with Crippen molar-refractivity contribution < 1.29 is 9.18 Å². The third-order valence-electron chi connectivity index (χ3n) is 4.44. The van der Waals surface area contributed by atoms with E-state index in [2.05, 4.69) is 39.1 Å². The van der Waals surface area contributed by atoms with E-state index in [0.29, 0.717) is 17.4 Å². The van der Waals surface area contributed by atoms with Gasteiger partial charge in [0.1, 0.15) is 5.82 Å². The monoisotopic (exact) mass is 344 g/mol. The van der Waals surface area contributed by atoms with Gasteiger partial charge in [-0.15, -0.1) is 0 Å². The van der Waals surface area contributed by atoms with Crippen LogP contribution in [0, 0.1) is 5.82 Å². The number of aromatic nitrogens is 2. The SMILES string of the molecule is CC1CN(c2ccc(Nc3ncc(C(N)=O)cn3)cc2F)CCN1C. The maximum atomic E-state index is 14.5. The summed E-state index contributed by atoms with van der Waals surface area (Å²) in [4.78, 5) is 23.3. The highest BCUT2D eigenvalue weighted by atomic mass is 19.1. The Hall–Kier alpha value is -2.74. The number of amides is 1. The summed E-state index contributed by atoms with van der Waals surface area (Å²) in [5.41, 5.74) is 6.49. The number of nitrogens with one attached hydrogen (secondary N) is 1. The van der Waals surface area contributed by atoms with E-state index < -0.39 is 5.91 Å². The van der Waals surface area contributed by atoms with Crippen LogP contribution in [0.3, 0.4) is 0 Å². The van der Waals surface area contributed by atoms with E-state index in [9.17, 15) is 9.18 Å². The van der Waals surface area contributed by atoms with Crippen LogP contribution in [0.1, 0.15) is 17.3 Å². The highest BCUT2D eigenvalue weighted by molar-refractivity contribution is 5.92. The number of hydrogen-bond acceptors (Lipinski definition) is 6. The predicted octanol–water partition coefficient (Wildman–Crippen LogP) is 1.60. The second kappa shape index (κ2) is 7.02. The van der Waals surface area contributed by atoms with E-state index in [1.165, 1.54) is 18.5 Å². The minimum atomic E-state index is -0.594. The first kappa shape index (κ1) is 17.1. The summed E-state index contributed by atoms with van der Waals surface area (Å²) in [6, 6.07) is 5.34. The fourth-order valence-electron chi connectivity index (χ4n) is 2.76. The Bertz CT molecular complexity index is 766. The molecule has 1 aliphatic rings. The van der Waals surface area contributed by atoms with E-state index in [0.717, 1.165) is 19.6 Å². The minimum Gasteiger partial charge on any atom is -0.366 e. The summed E-state index contributed by atoms with van der Waals surface area (Å²) in [6.07, 6.45) is 2.65. The molecule has 2 heterocycles. The molecule has 25 heavy (non-hydrogen) atoms. The summed E-state index contributed by atoms with van der Waals surface area (Å²) in [5.74, 6) is -0.621. The molecular weight excluding hydrogens is 323 g/mol. The van der Waals surface area contributed by atoms with Crippen molar-refractivity contribution in [3.8, 4) is 0 Å². The molecule has 0 saturated carbocycles. The van der Waals surface area contributed by atoms with Crippen molar-refractivity contribution in [2.24, 2.45) is 5.73 Å². The molecule has 1 saturated heterocycles. The van der Waals surface area contributed by atoms with Crippen LogP contribution in [-0.2, 0) is 0 Å². The smallest absolute Gasteiger partial charge is 0.251 e. The Morgan fingerprint density at radius 1 is 1.32 bits per heavy atom. The lowest BCUT2D eigenvalue weighted by molar-refractivity contribution is 0.0999. The van der Waals surface area contributed by atoms with Gasteiger partial charge in [0.15, 0.2) is 0 Å². The van der Waals surface area contributed by atoms with Gasteiger partial charge in [0, 0.05) is 43.8 Å². The largest absolute Gasteiger partial charge is 0.366 e. The number of piperazine rings is 1. The number of rotatable bonds is 4. The molecule has 3 N–H and O–H groups in total. The van der Waals surface area contributed by atoms with Crippen LogP contribution < -0.4 is 16.0 Å². The number of nitrogens with zero attached hydrogens (tertiary/aromatic N) is 4. The zero-order valence-electron chi connectivity index (χ0n) is 14.2. The number of carbonyl (C=O) groups is 1. The minimum absolute atomic E-state index is 0.219. The van der Waals surface area contributed by atoms with Gasteiger partial charge in [-0.05, 0) is 32.2 Å². The Morgan fingerprint density at radius 2 is 2.04 bits per heavy atom. The Balaban J connectivity index is 1.72. The first-order valence-electron chi connectivity index (χ1n) is 8.07. The van der Waals surface area contributed by atoms with Crippen LogP contribution in [0.5, 0.6) is 0 Å². The van der Waals surface area contributed by atoms with Gasteiger partial charge < -0.3 is 20.9 Å². The van der Waals surface area contributed by atoms with Crippen molar-refractivity contribution in [1.82, 2.24) is 14.9 Å². The van der Waals surface area contributed by atoms with E-state index in [4.69, 9.17) is 5.73 Å². The lowest BCUT2D eigenvalue weighted by Gasteiger charge is -2.39. The van der Waals surface area contributed by atoms with Crippen LogP contribution in [0.2, 0.25) is 0 Å². The molecule has 1 atom stereocenters. The Labute approximate surface area is 145 Å². The second-order valence-electron chi connectivity index (χ2n) is 6.23. The van der Waals surface area contributed by atoms with Crippen LogP contribution in [0.15, 0.2) is 30.6 Å². The molecular formula is C17H21FN6O. The summed E-state index contributed by atoms with van der Waals surface area (Å²) in [5, 5.41) is 2.92. The van der Waals surface area contributed by atoms with Gasteiger partial charge in [0.2, 0.25) is 5.95 Å². The normalized spacial score (nSPS) is 18.2. The number of hydrogen-bond donors (Lipinski definition) is 2. The van der Waals surface area contributed by atoms with E-state index >= 15 is 0 Å². The number of primary amides is 1. The number of carbonyl (C=O) groups excluding carboxylic acids is 1. The molecule has 0 radical (unpaired) electrons. The fourth-order valence-corrected chi connectivity index (χ4v) is 2.76. The molecule has 1 amide bonds. The van der Waals surface area contributed by atoms with Gasteiger partial charge in [-0.2, -0.15) is 0 Å². The standard InChI is InChI=1S/C17H21FN6O/c1-11-10-24(6-5-23(11)2)15-4-3-13(7-14(15)18)22-17-20-8-12(9-21-17)16(19)25/h3-4,7-9,11H,5-6,10H2,1-2H3,(H2,19,25)(H,20,21,22). The lowest BCUT2D eigenvalue weighted by Crippen LogP contribution is -2.50. The molecule has 1 fully saturated rings. The van der Waals surface area contributed by atoms with Crippen molar-refractivity contribution >= 4 is 23.2 Å². The molecule has 132 valence electrons. The molecule has 1 aromatic heterocycles.